The molecule has 1 heterocycles. The molecule has 2 unspecified atom stereocenters. The fraction of sp³-hybridized carbons (Fsp3) is 0.400. The van der Waals surface area contributed by atoms with Crippen LogP contribution in [0.2, 0.25) is 0 Å². The number of hydrogen-bond donors (Lipinski definition) is 1. The second kappa shape index (κ2) is 14.7. The van der Waals surface area contributed by atoms with Gasteiger partial charge in [-0.25, -0.2) is 0 Å². The number of hydrogen-bond acceptors (Lipinski definition) is 4. The third-order valence-electron chi connectivity index (χ3n) is 8.03. The first-order valence-electron chi connectivity index (χ1n) is 14.8. The highest BCUT2D eigenvalue weighted by molar-refractivity contribution is 5.87. The first-order chi connectivity index (χ1) is 19.9. The van der Waals surface area contributed by atoms with E-state index < -0.39 is 0 Å². The van der Waals surface area contributed by atoms with Crippen LogP contribution in [-0.4, -0.2) is 55.3 Å². The Kier molecular flexibility index (Phi) is 10.9. The van der Waals surface area contributed by atoms with Crippen molar-refractivity contribution in [2.24, 2.45) is 0 Å². The smallest absolute Gasteiger partial charge is 0.221 e. The molecule has 0 aliphatic heterocycles. The molecular weight excluding hydrogens is 510 g/mol. The molecule has 0 saturated carbocycles. The van der Waals surface area contributed by atoms with E-state index in [1.54, 1.807) is 14.2 Å². The fourth-order valence-electron chi connectivity index (χ4n) is 5.61. The quantitative estimate of drug-likeness (QED) is 0.174. The maximum absolute atomic E-state index is 13.5. The van der Waals surface area contributed by atoms with Crippen molar-refractivity contribution in [2.75, 3.05) is 33.9 Å². The summed E-state index contributed by atoms with van der Waals surface area (Å²) >= 11 is 0. The molecule has 218 valence electrons. The number of amides is 1. The number of aromatic nitrogens is 1. The SMILES string of the molecule is CCN(CC)CCCC(C)NC(=O)CC(c1ccc(OC)cc1)c1cn(Cc2ccc(OC)cc2)c2ccccc12. The lowest BCUT2D eigenvalue weighted by molar-refractivity contribution is -0.121. The van der Waals surface area contributed by atoms with Gasteiger partial charge in [-0.2, -0.15) is 0 Å². The van der Waals surface area contributed by atoms with E-state index in [0.29, 0.717) is 6.42 Å². The second-order valence-corrected chi connectivity index (χ2v) is 10.7. The number of ether oxygens (including phenoxy) is 2. The molecule has 0 radical (unpaired) electrons. The number of rotatable bonds is 15. The van der Waals surface area contributed by atoms with Crippen LogP contribution in [-0.2, 0) is 11.3 Å². The lowest BCUT2D eigenvalue weighted by atomic mass is 9.88. The van der Waals surface area contributed by atoms with E-state index >= 15 is 0 Å². The van der Waals surface area contributed by atoms with Crippen molar-refractivity contribution in [3.63, 3.8) is 0 Å². The zero-order valence-corrected chi connectivity index (χ0v) is 25.2. The van der Waals surface area contributed by atoms with Crippen molar-refractivity contribution in [3.05, 3.63) is 95.7 Å². The molecule has 4 rings (SSSR count). The molecule has 6 heteroatoms. The van der Waals surface area contributed by atoms with Crippen molar-refractivity contribution < 1.29 is 14.3 Å². The van der Waals surface area contributed by atoms with Gasteiger partial charge in [0.1, 0.15) is 11.5 Å². The molecule has 2 atom stereocenters. The third kappa shape index (κ3) is 7.92. The van der Waals surface area contributed by atoms with Crippen LogP contribution in [0, 0.1) is 0 Å². The molecule has 1 amide bonds. The van der Waals surface area contributed by atoms with Crippen LogP contribution in [0.25, 0.3) is 10.9 Å². The van der Waals surface area contributed by atoms with E-state index in [2.05, 4.69) is 90.3 Å². The number of methoxy groups -OCH3 is 2. The summed E-state index contributed by atoms with van der Waals surface area (Å²) in [5.41, 5.74) is 4.60. The number of nitrogens with zero attached hydrogens (tertiary/aromatic N) is 2. The molecule has 0 bridgehead atoms. The first-order valence-corrected chi connectivity index (χ1v) is 14.8. The van der Waals surface area contributed by atoms with Crippen molar-refractivity contribution in [1.82, 2.24) is 14.8 Å². The average molecular weight is 556 g/mol. The Morgan fingerprint density at radius 1 is 0.902 bits per heavy atom. The molecule has 0 fully saturated rings. The Morgan fingerprint density at radius 2 is 1.54 bits per heavy atom. The second-order valence-electron chi connectivity index (χ2n) is 10.7. The normalized spacial score (nSPS) is 12.8. The summed E-state index contributed by atoms with van der Waals surface area (Å²) in [6.45, 7) is 10.4. The highest BCUT2D eigenvalue weighted by Crippen LogP contribution is 2.36. The number of benzene rings is 3. The monoisotopic (exact) mass is 555 g/mol. The third-order valence-corrected chi connectivity index (χ3v) is 8.03. The summed E-state index contributed by atoms with van der Waals surface area (Å²) in [6, 6.07) is 24.9. The van der Waals surface area contributed by atoms with Gasteiger partial charge in [-0.1, -0.05) is 56.3 Å². The predicted octanol–water partition coefficient (Wildman–Crippen LogP) is 6.86. The summed E-state index contributed by atoms with van der Waals surface area (Å²) < 4.78 is 13.1. The molecule has 6 nitrogen and oxygen atoms in total. The summed E-state index contributed by atoms with van der Waals surface area (Å²) in [4.78, 5) is 15.9. The van der Waals surface area contributed by atoms with E-state index in [0.717, 1.165) is 67.2 Å². The van der Waals surface area contributed by atoms with Crippen LogP contribution in [0.4, 0.5) is 0 Å². The fourth-order valence-corrected chi connectivity index (χ4v) is 5.61. The van der Waals surface area contributed by atoms with Crippen molar-refractivity contribution in [1.29, 1.82) is 0 Å². The first kappa shape index (κ1) is 30.2. The molecule has 0 spiro atoms. The van der Waals surface area contributed by atoms with Crippen LogP contribution in [0.15, 0.2) is 79.0 Å². The number of nitrogens with one attached hydrogen (secondary N) is 1. The Labute approximate surface area is 245 Å². The zero-order valence-electron chi connectivity index (χ0n) is 25.2. The van der Waals surface area contributed by atoms with Crippen LogP contribution >= 0.6 is 0 Å². The molecule has 4 aromatic rings. The minimum absolute atomic E-state index is 0.0770. The van der Waals surface area contributed by atoms with E-state index in [9.17, 15) is 4.79 Å². The molecule has 3 aromatic carbocycles. The zero-order chi connectivity index (χ0) is 29.2. The van der Waals surface area contributed by atoms with E-state index in [1.807, 2.05) is 24.3 Å². The molecule has 0 saturated heterocycles. The minimum atomic E-state index is -0.0919. The average Bonchev–Trinajstić information content (AvgIpc) is 3.36. The van der Waals surface area contributed by atoms with Crippen LogP contribution in [0.1, 0.15) is 62.6 Å². The number of carbonyl (C=O) groups is 1. The van der Waals surface area contributed by atoms with Gasteiger partial charge in [-0.05, 0) is 86.4 Å². The van der Waals surface area contributed by atoms with Gasteiger partial charge in [-0.3, -0.25) is 4.79 Å². The number of fused-ring (bicyclic) bond motifs is 1. The Hall–Kier alpha value is -3.77. The van der Waals surface area contributed by atoms with Crippen LogP contribution < -0.4 is 14.8 Å². The number of carbonyl (C=O) groups excluding carboxylic acids is 1. The molecule has 0 aliphatic rings. The highest BCUT2D eigenvalue weighted by Gasteiger charge is 2.24. The standard InChI is InChI=1S/C35H45N3O3/c1-6-37(7-2)22-10-11-26(3)36-35(39)23-32(28-16-20-30(41-5)21-17-28)33-25-38(34-13-9-8-12-31(33)34)24-27-14-18-29(40-4)19-15-27/h8-9,12-21,25-26,32H,6-7,10-11,22-24H2,1-5H3,(H,36,39). The lowest BCUT2D eigenvalue weighted by Crippen LogP contribution is -2.34. The van der Waals surface area contributed by atoms with Gasteiger partial charge in [0.05, 0.1) is 14.2 Å². The van der Waals surface area contributed by atoms with Gasteiger partial charge in [0.15, 0.2) is 0 Å². The molecular formula is C35H45N3O3. The van der Waals surface area contributed by atoms with E-state index in [4.69, 9.17) is 9.47 Å². The number of para-hydroxylation sites is 1. The Balaban J connectivity index is 1.59. The van der Waals surface area contributed by atoms with E-state index in [1.165, 1.54) is 10.9 Å². The Bertz CT molecular complexity index is 1370. The van der Waals surface area contributed by atoms with Crippen molar-refractivity contribution in [3.8, 4) is 11.5 Å². The predicted molar refractivity (Wildman–Crippen MR) is 168 cm³/mol. The van der Waals surface area contributed by atoms with Crippen LogP contribution in [0.3, 0.4) is 0 Å². The summed E-state index contributed by atoms with van der Waals surface area (Å²) in [6.07, 6.45) is 4.65. The maximum atomic E-state index is 13.5. The molecule has 1 N–H and O–H groups in total. The largest absolute Gasteiger partial charge is 0.497 e. The van der Waals surface area contributed by atoms with E-state index in [-0.39, 0.29) is 17.9 Å². The van der Waals surface area contributed by atoms with Gasteiger partial charge in [0.2, 0.25) is 5.91 Å². The highest BCUT2D eigenvalue weighted by atomic mass is 16.5. The summed E-state index contributed by atoms with van der Waals surface area (Å²) in [7, 11) is 3.36. The lowest BCUT2D eigenvalue weighted by Gasteiger charge is -2.21. The van der Waals surface area contributed by atoms with Gasteiger partial charge in [-0.15, -0.1) is 0 Å². The summed E-state index contributed by atoms with van der Waals surface area (Å²) in [5.74, 6) is 1.64. The van der Waals surface area contributed by atoms with Crippen LogP contribution in [0.5, 0.6) is 11.5 Å². The maximum Gasteiger partial charge on any atom is 0.221 e. The minimum Gasteiger partial charge on any atom is -0.497 e. The topological polar surface area (TPSA) is 55.7 Å². The molecule has 41 heavy (non-hydrogen) atoms. The van der Waals surface area contributed by atoms with Crippen molar-refractivity contribution in [2.45, 2.75) is 58.5 Å². The van der Waals surface area contributed by atoms with Gasteiger partial charge < -0.3 is 24.3 Å². The molecule has 0 aliphatic carbocycles. The Morgan fingerprint density at radius 3 is 2.17 bits per heavy atom. The summed E-state index contributed by atoms with van der Waals surface area (Å²) in [5, 5.41) is 4.46. The van der Waals surface area contributed by atoms with Gasteiger partial charge in [0, 0.05) is 42.0 Å². The van der Waals surface area contributed by atoms with Gasteiger partial charge in [0.25, 0.3) is 0 Å². The van der Waals surface area contributed by atoms with Gasteiger partial charge >= 0.3 is 0 Å². The molecule has 1 aromatic heterocycles. The van der Waals surface area contributed by atoms with Crippen molar-refractivity contribution >= 4 is 16.8 Å².